The highest BCUT2D eigenvalue weighted by Gasteiger charge is 2.58. The Morgan fingerprint density at radius 3 is 2.67 bits per heavy atom. The van der Waals surface area contributed by atoms with Gasteiger partial charge in [-0.25, -0.2) is 4.79 Å². The fraction of sp³-hybridized carbons (Fsp3) is 0.684. The Morgan fingerprint density at radius 1 is 1.38 bits per heavy atom. The molecule has 0 spiro atoms. The lowest BCUT2D eigenvalue weighted by Gasteiger charge is -2.54. The molecule has 1 fully saturated rings. The molecule has 2 aliphatic carbocycles. The van der Waals surface area contributed by atoms with Gasteiger partial charge in [-0.2, -0.15) is 0 Å². The number of carbonyl (C=O) groups excluding carboxylic acids is 2. The van der Waals surface area contributed by atoms with E-state index in [2.05, 4.69) is 6.58 Å². The van der Waals surface area contributed by atoms with Crippen molar-refractivity contribution in [3.05, 3.63) is 23.5 Å². The first kappa shape index (κ1) is 17.2. The monoisotopic (exact) mass is 334 g/mol. The van der Waals surface area contributed by atoms with Crippen LogP contribution in [0.3, 0.4) is 0 Å². The van der Waals surface area contributed by atoms with Gasteiger partial charge in [-0.15, -0.1) is 0 Å². The number of aliphatic hydroxyl groups excluding tert-OH is 1. The number of carbonyl (C=O) groups is 2. The second-order valence-corrected chi connectivity index (χ2v) is 7.78. The van der Waals surface area contributed by atoms with E-state index in [9.17, 15) is 14.7 Å². The van der Waals surface area contributed by atoms with Crippen LogP contribution in [0.1, 0.15) is 47.0 Å². The Bertz CT molecular complexity index is 634. The van der Waals surface area contributed by atoms with E-state index in [4.69, 9.17) is 9.47 Å². The van der Waals surface area contributed by atoms with Crippen molar-refractivity contribution in [2.24, 2.45) is 23.2 Å². The number of ether oxygens (including phenoxy) is 2. The summed E-state index contributed by atoms with van der Waals surface area (Å²) >= 11 is 0. The van der Waals surface area contributed by atoms with Gasteiger partial charge in [-0.3, -0.25) is 4.79 Å². The lowest BCUT2D eigenvalue weighted by atomic mass is 9.53. The van der Waals surface area contributed by atoms with Gasteiger partial charge >= 0.3 is 11.9 Å². The first-order valence-electron chi connectivity index (χ1n) is 8.67. The molecular weight excluding hydrogens is 308 g/mol. The molecule has 0 bridgehead atoms. The van der Waals surface area contributed by atoms with Gasteiger partial charge in [0, 0.05) is 28.9 Å². The third-order valence-corrected chi connectivity index (χ3v) is 6.51. The molecule has 0 unspecified atom stereocenters. The molecule has 0 aromatic carbocycles. The van der Waals surface area contributed by atoms with Crippen LogP contribution >= 0.6 is 0 Å². The van der Waals surface area contributed by atoms with Crippen molar-refractivity contribution in [3.63, 3.8) is 0 Å². The molecule has 1 saturated carbocycles. The van der Waals surface area contributed by atoms with Crippen LogP contribution in [0.15, 0.2) is 23.5 Å². The SMILES string of the molecule is C=C(C)C(=O)O[C@H]1CC[C@@H]2CC3=C([C@@H](C)C(=O)O3)[C@@H](O)[C@]2(C)[C@H]1C. The van der Waals surface area contributed by atoms with Crippen molar-refractivity contribution in [1.29, 1.82) is 0 Å². The molecule has 132 valence electrons. The smallest absolute Gasteiger partial charge is 0.333 e. The minimum Gasteiger partial charge on any atom is -0.459 e. The van der Waals surface area contributed by atoms with E-state index in [-0.39, 0.29) is 29.9 Å². The van der Waals surface area contributed by atoms with Crippen molar-refractivity contribution >= 4 is 11.9 Å². The van der Waals surface area contributed by atoms with Gasteiger partial charge in [0.25, 0.3) is 0 Å². The predicted octanol–water partition coefficient (Wildman–Crippen LogP) is 2.74. The van der Waals surface area contributed by atoms with Gasteiger partial charge in [0.05, 0.1) is 12.0 Å². The molecule has 5 nitrogen and oxygen atoms in total. The van der Waals surface area contributed by atoms with Crippen LogP contribution in [0.4, 0.5) is 0 Å². The highest BCUT2D eigenvalue weighted by atomic mass is 16.5. The van der Waals surface area contributed by atoms with Crippen molar-refractivity contribution in [2.75, 3.05) is 0 Å². The zero-order valence-electron chi connectivity index (χ0n) is 14.8. The van der Waals surface area contributed by atoms with Crippen molar-refractivity contribution in [3.8, 4) is 0 Å². The van der Waals surface area contributed by atoms with Gasteiger partial charge in [0.2, 0.25) is 0 Å². The lowest BCUT2D eigenvalue weighted by Crippen LogP contribution is -2.55. The van der Waals surface area contributed by atoms with Gasteiger partial charge < -0.3 is 14.6 Å². The van der Waals surface area contributed by atoms with Crippen LogP contribution in [0.2, 0.25) is 0 Å². The first-order chi connectivity index (χ1) is 11.2. The third-order valence-electron chi connectivity index (χ3n) is 6.51. The molecule has 0 aromatic rings. The Balaban J connectivity index is 1.89. The van der Waals surface area contributed by atoms with Gasteiger partial charge in [0.15, 0.2) is 0 Å². The molecule has 1 N–H and O–H groups in total. The van der Waals surface area contributed by atoms with Gasteiger partial charge in [0.1, 0.15) is 11.9 Å². The minimum absolute atomic E-state index is 0.0218. The van der Waals surface area contributed by atoms with Crippen LogP contribution in [0.5, 0.6) is 0 Å². The molecule has 0 saturated heterocycles. The summed E-state index contributed by atoms with van der Waals surface area (Å²) in [6.45, 7) is 11.1. The molecule has 0 aromatic heterocycles. The zero-order chi connectivity index (χ0) is 17.8. The van der Waals surface area contributed by atoms with Crippen molar-refractivity contribution < 1.29 is 24.2 Å². The molecule has 0 radical (unpaired) electrons. The molecular formula is C19H26O5. The topological polar surface area (TPSA) is 72.8 Å². The van der Waals surface area contributed by atoms with Crippen LogP contribution in [-0.4, -0.2) is 29.3 Å². The van der Waals surface area contributed by atoms with E-state index < -0.39 is 17.4 Å². The fourth-order valence-corrected chi connectivity index (χ4v) is 4.64. The Labute approximate surface area is 142 Å². The highest BCUT2D eigenvalue weighted by Crippen LogP contribution is 2.57. The van der Waals surface area contributed by atoms with Crippen LogP contribution in [-0.2, 0) is 19.1 Å². The van der Waals surface area contributed by atoms with E-state index in [1.165, 1.54) is 0 Å². The summed E-state index contributed by atoms with van der Waals surface area (Å²) in [5.41, 5.74) is 0.656. The van der Waals surface area contributed by atoms with Gasteiger partial charge in [-0.1, -0.05) is 20.4 Å². The lowest BCUT2D eigenvalue weighted by molar-refractivity contribution is -0.164. The first-order valence-corrected chi connectivity index (χ1v) is 8.67. The van der Waals surface area contributed by atoms with Crippen LogP contribution < -0.4 is 0 Å². The summed E-state index contributed by atoms with van der Waals surface area (Å²) in [5.74, 6) is -0.220. The summed E-state index contributed by atoms with van der Waals surface area (Å²) < 4.78 is 11.0. The number of aliphatic hydroxyl groups is 1. The van der Waals surface area contributed by atoms with E-state index in [0.29, 0.717) is 17.8 Å². The maximum atomic E-state index is 11.9. The van der Waals surface area contributed by atoms with E-state index in [1.807, 2.05) is 13.8 Å². The Kier molecular flexibility index (Phi) is 4.11. The number of allylic oxidation sites excluding steroid dienone is 1. The largest absolute Gasteiger partial charge is 0.459 e. The molecule has 6 atom stereocenters. The molecule has 5 heteroatoms. The maximum Gasteiger partial charge on any atom is 0.333 e. The van der Waals surface area contributed by atoms with E-state index in [1.54, 1.807) is 13.8 Å². The number of rotatable bonds is 2. The number of esters is 2. The molecule has 3 rings (SSSR count). The number of hydrogen-bond acceptors (Lipinski definition) is 5. The quantitative estimate of drug-likeness (QED) is 0.621. The summed E-state index contributed by atoms with van der Waals surface area (Å²) in [6, 6.07) is 0. The highest BCUT2D eigenvalue weighted by molar-refractivity contribution is 5.87. The molecule has 0 amide bonds. The average molecular weight is 334 g/mol. The number of hydrogen-bond donors (Lipinski definition) is 1. The Morgan fingerprint density at radius 2 is 2.04 bits per heavy atom. The summed E-state index contributed by atoms with van der Waals surface area (Å²) in [7, 11) is 0. The van der Waals surface area contributed by atoms with Crippen LogP contribution in [0, 0.1) is 23.2 Å². The molecule has 1 heterocycles. The standard InChI is InChI=1S/C19H26O5/c1-9(2)17(21)23-13-7-6-12-8-14-15(10(3)18(22)24-14)16(20)19(12,5)11(13)4/h10-13,16,20H,1,6-8H2,2-5H3/t10-,11+,12-,13+,16-,19-/m1/s1. The summed E-state index contributed by atoms with van der Waals surface area (Å²) in [4.78, 5) is 23.8. The average Bonchev–Trinajstić information content (AvgIpc) is 2.80. The van der Waals surface area contributed by atoms with E-state index in [0.717, 1.165) is 18.4 Å². The summed E-state index contributed by atoms with van der Waals surface area (Å²) in [5, 5.41) is 11.1. The van der Waals surface area contributed by atoms with Gasteiger partial charge in [-0.05, 0) is 32.6 Å². The third kappa shape index (κ3) is 2.32. The number of fused-ring (bicyclic) bond motifs is 1. The normalized spacial score (nSPS) is 41.4. The van der Waals surface area contributed by atoms with E-state index >= 15 is 0 Å². The molecule has 3 aliphatic rings. The second kappa shape index (κ2) is 5.73. The zero-order valence-corrected chi connectivity index (χ0v) is 14.8. The van der Waals surface area contributed by atoms with Crippen molar-refractivity contribution in [2.45, 2.75) is 59.2 Å². The predicted molar refractivity (Wildman–Crippen MR) is 87.6 cm³/mol. The molecule has 1 aliphatic heterocycles. The molecule has 24 heavy (non-hydrogen) atoms. The fourth-order valence-electron chi connectivity index (χ4n) is 4.64. The minimum atomic E-state index is -0.756. The maximum absolute atomic E-state index is 11.9. The Hall–Kier alpha value is -1.62. The second-order valence-electron chi connectivity index (χ2n) is 7.78. The summed E-state index contributed by atoms with van der Waals surface area (Å²) in [6.07, 6.45) is 1.24. The van der Waals surface area contributed by atoms with Crippen molar-refractivity contribution in [1.82, 2.24) is 0 Å². The van der Waals surface area contributed by atoms with Crippen LogP contribution in [0.25, 0.3) is 0 Å².